The number of nitrogens with two attached hydrogens (primary N) is 1. The summed E-state index contributed by atoms with van der Waals surface area (Å²) in [5.41, 5.74) is 6.40. The van der Waals surface area contributed by atoms with Crippen LogP contribution in [-0.2, 0) is 16.6 Å². The Labute approximate surface area is 130 Å². The molecule has 5 nitrogen and oxygen atoms in total. The maximum absolute atomic E-state index is 12.5. The number of ether oxygens (including phenoxy) is 1. The lowest BCUT2D eigenvalue weighted by Crippen LogP contribution is -2.27. The van der Waals surface area contributed by atoms with Gasteiger partial charge in [-0.05, 0) is 29.9 Å². The molecule has 21 heavy (non-hydrogen) atoms. The van der Waals surface area contributed by atoms with E-state index >= 15 is 0 Å². The Morgan fingerprint density at radius 3 is 2.57 bits per heavy atom. The lowest BCUT2D eigenvalue weighted by Gasteiger charge is -2.14. The Morgan fingerprint density at radius 2 is 2.10 bits per heavy atom. The van der Waals surface area contributed by atoms with Gasteiger partial charge in [-0.3, -0.25) is 0 Å². The molecule has 0 radical (unpaired) electrons. The first-order valence-corrected chi connectivity index (χ1v) is 8.63. The smallest absolute Gasteiger partial charge is 0.244 e. The van der Waals surface area contributed by atoms with Crippen LogP contribution in [0.1, 0.15) is 25.8 Å². The number of sulfonamides is 1. The highest BCUT2D eigenvalue weighted by Gasteiger charge is 2.45. The number of halogens is 1. The normalized spacial score (nSPS) is 20.3. The molecule has 0 spiro atoms. The molecule has 1 saturated carbocycles. The number of methoxy groups -OCH3 is 1. The van der Waals surface area contributed by atoms with Gasteiger partial charge in [0.05, 0.1) is 7.11 Å². The van der Waals surface area contributed by atoms with E-state index in [1.165, 1.54) is 13.2 Å². The van der Waals surface area contributed by atoms with Crippen molar-refractivity contribution < 1.29 is 13.2 Å². The summed E-state index contributed by atoms with van der Waals surface area (Å²) >= 11 is 5.98. The first kappa shape index (κ1) is 16.5. The Balaban J connectivity index is 2.28. The largest absolute Gasteiger partial charge is 0.495 e. The predicted molar refractivity (Wildman–Crippen MR) is 83.0 cm³/mol. The lowest BCUT2D eigenvalue weighted by molar-refractivity contribution is 0.397. The number of hydrogen-bond acceptors (Lipinski definition) is 4. The molecule has 1 aromatic rings. The molecule has 1 fully saturated rings. The minimum absolute atomic E-state index is 0.0383. The highest BCUT2D eigenvalue weighted by atomic mass is 35.5. The number of hydrogen-bond donors (Lipinski definition) is 2. The zero-order chi connectivity index (χ0) is 15.8. The summed E-state index contributed by atoms with van der Waals surface area (Å²) in [6, 6.07) is 3.00. The van der Waals surface area contributed by atoms with Gasteiger partial charge in [0, 0.05) is 23.7 Å². The van der Waals surface area contributed by atoms with E-state index in [9.17, 15) is 8.42 Å². The summed E-state index contributed by atoms with van der Waals surface area (Å²) in [6.45, 7) is 4.82. The van der Waals surface area contributed by atoms with E-state index in [-0.39, 0.29) is 22.6 Å². The topological polar surface area (TPSA) is 81.4 Å². The average molecular weight is 333 g/mol. The van der Waals surface area contributed by atoms with Gasteiger partial charge >= 0.3 is 0 Å². The summed E-state index contributed by atoms with van der Waals surface area (Å²) in [5.74, 6) is 0.621. The predicted octanol–water partition coefficient (Wildman–Crippen LogP) is 2.13. The Bertz CT molecular complexity index is 644. The van der Waals surface area contributed by atoms with E-state index < -0.39 is 10.0 Å². The van der Waals surface area contributed by atoms with E-state index in [1.54, 1.807) is 6.07 Å². The van der Waals surface area contributed by atoms with Gasteiger partial charge in [-0.15, -0.1) is 0 Å². The second kappa shape index (κ2) is 5.76. The fourth-order valence-corrected chi connectivity index (χ4v) is 4.04. The summed E-state index contributed by atoms with van der Waals surface area (Å²) in [7, 11) is -2.26. The zero-order valence-corrected chi connectivity index (χ0v) is 14.0. The molecule has 1 atom stereocenters. The molecule has 0 amide bonds. The molecule has 0 aromatic heterocycles. The second-order valence-electron chi connectivity index (χ2n) is 6.04. The number of rotatable bonds is 6. The van der Waals surface area contributed by atoms with Crippen molar-refractivity contribution in [1.29, 1.82) is 0 Å². The minimum Gasteiger partial charge on any atom is -0.495 e. The minimum atomic E-state index is -3.68. The van der Waals surface area contributed by atoms with E-state index in [4.69, 9.17) is 22.1 Å². The molecular weight excluding hydrogens is 312 g/mol. The van der Waals surface area contributed by atoms with Gasteiger partial charge in [0.15, 0.2) is 0 Å². The van der Waals surface area contributed by atoms with Crippen molar-refractivity contribution in [3.8, 4) is 5.75 Å². The van der Waals surface area contributed by atoms with Crippen LogP contribution >= 0.6 is 11.6 Å². The standard InChI is InChI=1S/C14H21ClN2O3S/c1-14(2)6-10(14)8-17-21(18,19)12-5-11(15)4-9(7-16)13(12)20-3/h4-5,10,17H,6-8,16H2,1-3H3. The molecule has 1 aliphatic carbocycles. The van der Waals surface area contributed by atoms with Crippen LogP contribution in [0.3, 0.4) is 0 Å². The first-order chi connectivity index (χ1) is 9.71. The highest BCUT2D eigenvalue weighted by Crippen LogP contribution is 2.51. The Morgan fingerprint density at radius 1 is 1.48 bits per heavy atom. The Hall–Kier alpha value is -0.820. The molecule has 1 aliphatic rings. The third kappa shape index (κ3) is 3.51. The SMILES string of the molecule is COc1c(CN)cc(Cl)cc1S(=O)(=O)NCC1CC1(C)C. The van der Waals surface area contributed by atoms with Gasteiger partial charge < -0.3 is 10.5 Å². The van der Waals surface area contributed by atoms with E-state index in [1.807, 2.05) is 0 Å². The maximum Gasteiger partial charge on any atom is 0.244 e. The van der Waals surface area contributed by atoms with E-state index in [0.717, 1.165) is 6.42 Å². The number of nitrogens with one attached hydrogen (secondary N) is 1. The van der Waals surface area contributed by atoms with Crippen molar-refractivity contribution in [2.24, 2.45) is 17.1 Å². The second-order valence-corrected chi connectivity index (χ2v) is 8.21. The molecule has 2 rings (SSSR count). The van der Waals surface area contributed by atoms with Crippen LogP contribution in [0.5, 0.6) is 5.75 Å². The van der Waals surface area contributed by atoms with Crippen LogP contribution in [0.15, 0.2) is 17.0 Å². The molecular formula is C14H21ClN2O3S. The molecule has 0 saturated heterocycles. The molecule has 118 valence electrons. The zero-order valence-electron chi connectivity index (χ0n) is 12.4. The molecule has 3 N–H and O–H groups in total. The van der Waals surface area contributed by atoms with Crippen LogP contribution in [0.25, 0.3) is 0 Å². The summed E-state index contributed by atoms with van der Waals surface area (Å²) in [5, 5.41) is 0.323. The van der Waals surface area contributed by atoms with Gasteiger partial charge in [0.2, 0.25) is 10.0 Å². The molecule has 1 unspecified atom stereocenters. The fraction of sp³-hybridized carbons (Fsp3) is 0.571. The third-order valence-electron chi connectivity index (χ3n) is 4.05. The average Bonchev–Trinajstić information content (AvgIpc) is 3.03. The summed E-state index contributed by atoms with van der Waals surface area (Å²) < 4.78 is 32.8. The van der Waals surface area contributed by atoms with Gasteiger partial charge in [-0.25, -0.2) is 13.1 Å². The van der Waals surface area contributed by atoms with Crippen molar-refractivity contribution >= 4 is 21.6 Å². The fourth-order valence-electron chi connectivity index (χ4n) is 2.42. The molecule has 0 bridgehead atoms. The molecule has 1 aromatic carbocycles. The van der Waals surface area contributed by atoms with Crippen LogP contribution in [-0.4, -0.2) is 22.1 Å². The van der Waals surface area contributed by atoms with Gasteiger partial charge in [-0.1, -0.05) is 25.4 Å². The van der Waals surface area contributed by atoms with Crippen molar-refractivity contribution in [2.75, 3.05) is 13.7 Å². The summed E-state index contributed by atoms with van der Waals surface area (Å²) in [6.07, 6.45) is 1.02. The number of benzene rings is 1. The van der Waals surface area contributed by atoms with Crippen LogP contribution < -0.4 is 15.2 Å². The first-order valence-electron chi connectivity index (χ1n) is 6.77. The molecule has 0 aliphatic heterocycles. The maximum atomic E-state index is 12.5. The lowest BCUT2D eigenvalue weighted by atomic mass is 10.1. The van der Waals surface area contributed by atoms with Gasteiger partial charge in [-0.2, -0.15) is 0 Å². The van der Waals surface area contributed by atoms with E-state index in [0.29, 0.717) is 23.0 Å². The van der Waals surface area contributed by atoms with Crippen LogP contribution in [0.4, 0.5) is 0 Å². The van der Waals surface area contributed by atoms with E-state index in [2.05, 4.69) is 18.6 Å². The quantitative estimate of drug-likeness (QED) is 0.836. The highest BCUT2D eigenvalue weighted by molar-refractivity contribution is 7.89. The molecule has 7 heteroatoms. The van der Waals surface area contributed by atoms with Crippen molar-refractivity contribution in [3.05, 3.63) is 22.7 Å². The molecule has 0 heterocycles. The van der Waals surface area contributed by atoms with Crippen molar-refractivity contribution in [1.82, 2.24) is 4.72 Å². The van der Waals surface area contributed by atoms with Crippen LogP contribution in [0, 0.1) is 11.3 Å². The Kier molecular flexibility index (Phi) is 4.54. The van der Waals surface area contributed by atoms with Crippen LogP contribution in [0.2, 0.25) is 5.02 Å². The van der Waals surface area contributed by atoms with Crippen molar-refractivity contribution in [2.45, 2.75) is 31.7 Å². The van der Waals surface area contributed by atoms with Gasteiger partial charge in [0.25, 0.3) is 0 Å². The summed E-state index contributed by atoms with van der Waals surface area (Å²) in [4.78, 5) is 0.0383. The van der Waals surface area contributed by atoms with Crippen molar-refractivity contribution in [3.63, 3.8) is 0 Å². The van der Waals surface area contributed by atoms with Gasteiger partial charge in [0.1, 0.15) is 10.6 Å². The third-order valence-corrected chi connectivity index (χ3v) is 5.69. The monoisotopic (exact) mass is 332 g/mol.